The Kier molecular flexibility index (Phi) is 5.99. The van der Waals surface area contributed by atoms with Crippen LogP contribution in [0, 0.1) is 23.2 Å². The van der Waals surface area contributed by atoms with Gasteiger partial charge in [-0.25, -0.2) is 0 Å². The van der Waals surface area contributed by atoms with Crippen molar-refractivity contribution in [2.75, 3.05) is 0 Å². The number of fused-ring (bicyclic) bond motifs is 1. The van der Waals surface area contributed by atoms with E-state index >= 15 is 0 Å². The minimum absolute atomic E-state index is 0.113. The largest absolute Gasteiger partial charge is 0.367 e. The molecule has 2 nitrogen and oxygen atoms in total. The average molecular weight is 311 g/mol. The molecule has 0 aliphatic heterocycles. The highest BCUT2D eigenvalue weighted by atomic mass is 16.6. The lowest BCUT2D eigenvalue weighted by molar-refractivity contribution is -0.258. The Morgan fingerprint density at radius 3 is 2.45 bits per heavy atom. The lowest BCUT2D eigenvalue weighted by Crippen LogP contribution is -2.50. The molecule has 4 unspecified atom stereocenters. The summed E-state index contributed by atoms with van der Waals surface area (Å²) >= 11 is 0. The highest BCUT2D eigenvalue weighted by Gasteiger charge is 2.46. The van der Waals surface area contributed by atoms with Crippen molar-refractivity contribution >= 4 is 0 Å². The van der Waals surface area contributed by atoms with Gasteiger partial charge in [-0.05, 0) is 50.4 Å². The van der Waals surface area contributed by atoms with E-state index in [0.717, 1.165) is 25.2 Å². The first-order valence-corrected chi connectivity index (χ1v) is 9.60. The van der Waals surface area contributed by atoms with Gasteiger partial charge >= 0.3 is 0 Å². The molecule has 1 N–H and O–H groups in total. The third-order valence-electron chi connectivity index (χ3n) is 6.36. The molecule has 2 fully saturated rings. The van der Waals surface area contributed by atoms with Crippen LogP contribution >= 0.6 is 0 Å². The third kappa shape index (κ3) is 4.26. The molecule has 130 valence electrons. The van der Waals surface area contributed by atoms with Crippen LogP contribution in [0.25, 0.3) is 0 Å². The minimum atomic E-state index is -0.642. The van der Waals surface area contributed by atoms with Crippen LogP contribution in [-0.2, 0) is 4.74 Å². The standard InChI is InChI=1S/C20H38O2/c1-15(2)12-14-19(3,4)18(21)22-20(5)13-8-10-16-9-6-7-11-17(16)20/h15-18,21H,6-14H2,1-5H3. The molecule has 0 heterocycles. The first-order valence-electron chi connectivity index (χ1n) is 9.60. The molecule has 0 saturated heterocycles. The van der Waals surface area contributed by atoms with Crippen LogP contribution in [0.1, 0.15) is 92.4 Å². The van der Waals surface area contributed by atoms with E-state index in [2.05, 4.69) is 34.6 Å². The van der Waals surface area contributed by atoms with Crippen molar-refractivity contribution in [1.29, 1.82) is 0 Å². The predicted molar refractivity (Wildman–Crippen MR) is 92.6 cm³/mol. The maximum Gasteiger partial charge on any atom is 0.160 e. The van der Waals surface area contributed by atoms with E-state index in [1.807, 2.05) is 0 Å². The molecular weight excluding hydrogens is 272 g/mol. The molecule has 0 aromatic rings. The second kappa shape index (κ2) is 7.21. The van der Waals surface area contributed by atoms with E-state index in [0.29, 0.717) is 11.8 Å². The van der Waals surface area contributed by atoms with Crippen molar-refractivity contribution < 1.29 is 9.84 Å². The molecule has 2 saturated carbocycles. The van der Waals surface area contributed by atoms with E-state index < -0.39 is 6.29 Å². The van der Waals surface area contributed by atoms with Crippen molar-refractivity contribution in [3.63, 3.8) is 0 Å². The molecule has 0 aromatic heterocycles. The van der Waals surface area contributed by atoms with E-state index in [-0.39, 0.29) is 11.0 Å². The highest BCUT2D eigenvalue weighted by molar-refractivity contribution is 4.95. The van der Waals surface area contributed by atoms with Gasteiger partial charge in [-0.15, -0.1) is 0 Å². The Hall–Kier alpha value is -0.0800. The Balaban J connectivity index is 2.00. The van der Waals surface area contributed by atoms with Crippen LogP contribution in [0.15, 0.2) is 0 Å². The van der Waals surface area contributed by atoms with E-state index in [1.165, 1.54) is 38.5 Å². The van der Waals surface area contributed by atoms with E-state index in [9.17, 15) is 5.11 Å². The summed E-state index contributed by atoms with van der Waals surface area (Å²) in [5.41, 5.74) is -0.271. The van der Waals surface area contributed by atoms with Gasteiger partial charge in [-0.1, -0.05) is 59.8 Å². The zero-order chi connectivity index (χ0) is 16.4. The summed E-state index contributed by atoms with van der Waals surface area (Å²) in [5.74, 6) is 2.17. The topological polar surface area (TPSA) is 29.5 Å². The van der Waals surface area contributed by atoms with Crippen LogP contribution < -0.4 is 0 Å². The molecule has 2 rings (SSSR count). The van der Waals surface area contributed by atoms with Crippen LogP contribution in [0.4, 0.5) is 0 Å². The molecule has 22 heavy (non-hydrogen) atoms. The fourth-order valence-electron chi connectivity index (χ4n) is 4.60. The summed E-state index contributed by atoms with van der Waals surface area (Å²) in [5, 5.41) is 10.8. The van der Waals surface area contributed by atoms with Crippen LogP contribution in [0.2, 0.25) is 0 Å². The quantitative estimate of drug-likeness (QED) is 0.653. The monoisotopic (exact) mass is 310 g/mol. The molecule has 2 aliphatic carbocycles. The second-order valence-corrected chi connectivity index (χ2v) is 9.25. The molecule has 0 bridgehead atoms. The summed E-state index contributed by atoms with van der Waals surface area (Å²) < 4.78 is 6.40. The maximum atomic E-state index is 10.8. The Morgan fingerprint density at radius 1 is 1.14 bits per heavy atom. The molecule has 2 heteroatoms. The van der Waals surface area contributed by atoms with Gasteiger partial charge in [0.2, 0.25) is 0 Å². The molecule has 0 aromatic carbocycles. The van der Waals surface area contributed by atoms with Gasteiger partial charge in [0.05, 0.1) is 5.60 Å². The van der Waals surface area contributed by atoms with Gasteiger partial charge in [-0.2, -0.15) is 0 Å². The van der Waals surface area contributed by atoms with E-state index in [4.69, 9.17) is 4.74 Å². The fraction of sp³-hybridized carbons (Fsp3) is 1.00. The maximum absolute atomic E-state index is 10.8. The Labute approximate surface area is 138 Å². The number of hydrogen-bond donors (Lipinski definition) is 1. The first-order chi connectivity index (χ1) is 10.2. The van der Waals surface area contributed by atoms with Crippen LogP contribution in [0.5, 0.6) is 0 Å². The van der Waals surface area contributed by atoms with Crippen molar-refractivity contribution in [2.24, 2.45) is 23.2 Å². The highest BCUT2D eigenvalue weighted by Crippen LogP contribution is 2.49. The normalized spacial score (nSPS) is 34.5. The first kappa shape index (κ1) is 18.3. The third-order valence-corrected chi connectivity index (χ3v) is 6.36. The van der Waals surface area contributed by atoms with E-state index in [1.54, 1.807) is 0 Å². The summed E-state index contributed by atoms with van der Waals surface area (Å²) in [4.78, 5) is 0. The SMILES string of the molecule is CC(C)CCC(C)(C)C(O)OC1(C)CCCC2CCCCC21. The van der Waals surface area contributed by atoms with Crippen LogP contribution in [-0.4, -0.2) is 17.0 Å². The molecule has 0 spiro atoms. The molecule has 2 aliphatic rings. The van der Waals surface area contributed by atoms with Gasteiger partial charge in [0.25, 0.3) is 0 Å². The smallest absolute Gasteiger partial charge is 0.160 e. The number of ether oxygens (including phenoxy) is 1. The summed E-state index contributed by atoms with van der Waals surface area (Å²) in [6, 6.07) is 0. The van der Waals surface area contributed by atoms with Gasteiger partial charge < -0.3 is 9.84 Å². The fourth-order valence-corrected chi connectivity index (χ4v) is 4.60. The van der Waals surface area contributed by atoms with Crippen molar-refractivity contribution in [3.8, 4) is 0 Å². The van der Waals surface area contributed by atoms with Crippen molar-refractivity contribution in [3.05, 3.63) is 0 Å². The van der Waals surface area contributed by atoms with Crippen molar-refractivity contribution in [2.45, 2.75) is 104 Å². The van der Waals surface area contributed by atoms with Crippen LogP contribution in [0.3, 0.4) is 0 Å². The lowest BCUT2D eigenvalue weighted by atomic mass is 9.63. The summed E-state index contributed by atoms with van der Waals surface area (Å²) in [7, 11) is 0. The number of aliphatic hydroxyl groups excluding tert-OH is 1. The summed E-state index contributed by atoms with van der Waals surface area (Å²) in [6.07, 6.45) is 10.7. The summed E-state index contributed by atoms with van der Waals surface area (Å²) in [6.45, 7) is 11.1. The second-order valence-electron chi connectivity index (χ2n) is 9.25. The molecule has 4 atom stereocenters. The Morgan fingerprint density at radius 2 is 1.77 bits per heavy atom. The van der Waals surface area contributed by atoms with Gasteiger partial charge in [0, 0.05) is 5.41 Å². The molecule has 0 amide bonds. The van der Waals surface area contributed by atoms with Gasteiger partial charge in [0.1, 0.15) is 0 Å². The van der Waals surface area contributed by atoms with Crippen molar-refractivity contribution in [1.82, 2.24) is 0 Å². The lowest BCUT2D eigenvalue weighted by Gasteiger charge is -2.50. The Bertz CT molecular complexity index is 348. The molecule has 0 radical (unpaired) electrons. The van der Waals surface area contributed by atoms with Gasteiger partial charge in [0.15, 0.2) is 6.29 Å². The zero-order valence-electron chi connectivity index (χ0n) is 15.5. The number of aliphatic hydroxyl groups is 1. The van der Waals surface area contributed by atoms with Gasteiger partial charge in [-0.3, -0.25) is 0 Å². The predicted octanol–water partition coefficient (Wildman–Crippen LogP) is 5.53. The average Bonchev–Trinajstić information content (AvgIpc) is 2.45. The zero-order valence-corrected chi connectivity index (χ0v) is 15.5. The molecular formula is C20H38O2. The minimum Gasteiger partial charge on any atom is -0.367 e. The number of rotatable bonds is 6. The number of hydrogen-bond acceptors (Lipinski definition) is 2.